The van der Waals surface area contributed by atoms with Crippen molar-refractivity contribution in [2.75, 3.05) is 18.0 Å². The minimum absolute atomic E-state index is 0.269. The fourth-order valence-corrected chi connectivity index (χ4v) is 4.92. The molecule has 0 radical (unpaired) electrons. The predicted octanol–water partition coefficient (Wildman–Crippen LogP) is 4.20. The topological polar surface area (TPSA) is 83.6 Å². The molecule has 31 heavy (non-hydrogen) atoms. The Hall–Kier alpha value is -2.47. The first-order valence-corrected chi connectivity index (χ1v) is 11.7. The summed E-state index contributed by atoms with van der Waals surface area (Å²) in [5.41, 5.74) is 8.28. The van der Waals surface area contributed by atoms with Crippen molar-refractivity contribution >= 4 is 28.5 Å². The molecule has 1 aliphatic carbocycles. The lowest BCUT2D eigenvalue weighted by molar-refractivity contribution is 0.100. The number of nitrogens with zero attached hydrogens (tertiary/aromatic N) is 3. The Kier molecular flexibility index (Phi) is 6.56. The van der Waals surface area contributed by atoms with E-state index in [0.29, 0.717) is 17.6 Å². The molecule has 0 unspecified atom stereocenters. The van der Waals surface area contributed by atoms with Crippen molar-refractivity contribution in [3.8, 4) is 0 Å². The molecule has 6 heteroatoms. The van der Waals surface area contributed by atoms with Crippen molar-refractivity contribution in [3.05, 3.63) is 35.4 Å². The van der Waals surface area contributed by atoms with Gasteiger partial charge in [-0.25, -0.2) is 4.98 Å². The van der Waals surface area contributed by atoms with Crippen molar-refractivity contribution in [1.29, 1.82) is 0 Å². The Morgan fingerprint density at radius 3 is 2.45 bits per heavy atom. The summed E-state index contributed by atoms with van der Waals surface area (Å²) >= 11 is 0. The smallest absolute Gasteiger partial charge is 0.282 e. The standard InChI is InChI=1S/C25H35N5O/c1-16-4-7-20(8-5-16)28-21-10-12-30(13-11-21)24-22(25(31)27-18(3)26)15-19-14-17(2)6-9-23(19)29-24/h6,9,14-16,20-21,28H,4-5,7-8,10-13H2,1-3H3,(H2,26,27,31). The van der Waals surface area contributed by atoms with E-state index in [-0.39, 0.29) is 11.7 Å². The number of carbonyl (C=O) groups is 1. The molecule has 1 saturated heterocycles. The Balaban J connectivity index is 1.52. The molecule has 2 aromatic rings. The van der Waals surface area contributed by atoms with Crippen LogP contribution in [-0.2, 0) is 0 Å². The van der Waals surface area contributed by atoms with Gasteiger partial charge in [-0.05, 0) is 76.5 Å². The minimum Gasteiger partial charge on any atom is -0.387 e. The van der Waals surface area contributed by atoms with Crippen LogP contribution in [0.5, 0.6) is 0 Å². The SMILES string of the molecule is CC(N)=NC(=O)c1cc2cc(C)ccc2nc1N1CCC(NC2CCC(C)CC2)CC1. The summed E-state index contributed by atoms with van der Waals surface area (Å²) in [6.07, 6.45) is 7.39. The number of amidine groups is 1. The number of hydrogen-bond donors (Lipinski definition) is 2. The summed E-state index contributed by atoms with van der Waals surface area (Å²) in [5, 5.41) is 4.86. The number of carbonyl (C=O) groups excluding carboxylic acids is 1. The van der Waals surface area contributed by atoms with E-state index in [0.717, 1.165) is 54.1 Å². The highest BCUT2D eigenvalue weighted by Crippen LogP contribution is 2.29. The molecule has 2 fully saturated rings. The molecular weight excluding hydrogens is 386 g/mol. The number of amides is 1. The van der Waals surface area contributed by atoms with Gasteiger partial charge in [-0.1, -0.05) is 18.6 Å². The van der Waals surface area contributed by atoms with Crippen molar-refractivity contribution in [1.82, 2.24) is 10.3 Å². The zero-order chi connectivity index (χ0) is 22.0. The molecule has 166 valence electrons. The number of pyridine rings is 1. The molecule has 3 N–H and O–H groups in total. The summed E-state index contributed by atoms with van der Waals surface area (Å²) < 4.78 is 0. The van der Waals surface area contributed by atoms with Crippen LogP contribution in [0.25, 0.3) is 10.9 Å². The van der Waals surface area contributed by atoms with Gasteiger partial charge < -0.3 is 16.0 Å². The maximum absolute atomic E-state index is 12.9. The van der Waals surface area contributed by atoms with E-state index in [1.54, 1.807) is 6.92 Å². The average molecular weight is 422 g/mol. The van der Waals surface area contributed by atoms with E-state index >= 15 is 0 Å². The van der Waals surface area contributed by atoms with E-state index in [2.05, 4.69) is 34.3 Å². The van der Waals surface area contributed by atoms with Crippen LogP contribution in [0.2, 0.25) is 0 Å². The molecule has 2 aliphatic rings. The number of rotatable bonds is 4. The fraction of sp³-hybridized carbons (Fsp3) is 0.560. The van der Waals surface area contributed by atoms with E-state index in [9.17, 15) is 4.79 Å². The molecule has 4 rings (SSSR count). The molecule has 0 atom stereocenters. The third-order valence-corrected chi connectivity index (χ3v) is 6.74. The maximum atomic E-state index is 12.9. The van der Waals surface area contributed by atoms with Crippen LogP contribution in [0.15, 0.2) is 29.3 Å². The Morgan fingerprint density at radius 2 is 1.77 bits per heavy atom. The van der Waals surface area contributed by atoms with Crippen LogP contribution in [-0.4, -0.2) is 41.9 Å². The summed E-state index contributed by atoms with van der Waals surface area (Å²) in [4.78, 5) is 24.0. The minimum atomic E-state index is -0.317. The zero-order valence-electron chi connectivity index (χ0n) is 19.0. The van der Waals surface area contributed by atoms with Crippen molar-refractivity contribution in [3.63, 3.8) is 0 Å². The molecule has 6 nitrogen and oxygen atoms in total. The molecule has 1 amide bonds. The monoisotopic (exact) mass is 421 g/mol. The normalized spacial score (nSPS) is 23.3. The molecule has 1 aromatic carbocycles. The van der Waals surface area contributed by atoms with E-state index < -0.39 is 0 Å². The van der Waals surface area contributed by atoms with Crippen LogP contribution in [0.1, 0.15) is 68.3 Å². The van der Waals surface area contributed by atoms with Crippen LogP contribution >= 0.6 is 0 Å². The first-order chi connectivity index (χ1) is 14.9. The number of piperidine rings is 1. The quantitative estimate of drug-likeness (QED) is 0.571. The van der Waals surface area contributed by atoms with Crippen LogP contribution in [0, 0.1) is 12.8 Å². The van der Waals surface area contributed by atoms with E-state index in [1.165, 1.54) is 25.7 Å². The number of aryl methyl sites for hydroxylation is 1. The lowest BCUT2D eigenvalue weighted by Crippen LogP contribution is -2.47. The first-order valence-electron chi connectivity index (χ1n) is 11.7. The Morgan fingerprint density at radius 1 is 1.10 bits per heavy atom. The van der Waals surface area contributed by atoms with Gasteiger partial charge in [-0.15, -0.1) is 0 Å². The Bertz CT molecular complexity index is 965. The molecule has 2 heterocycles. The second-order valence-corrected chi connectivity index (χ2v) is 9.50. The molecule has 1 aliphatic heterocycles. The number of anilines is 1. The van der Waals surface area contributed by atoms with Gasteiger partial charge >= 0.3 is 0 Å². The number of hydrogen-bond acceptors (Lipinski definition) is 4. The van der Waals surface area contributed by atoms with Gasteiger partial charge in [-0.2, -0.15) is 4.99 Å². The summed E-state index contributed by atoms with van der Waals surface area (Å²) in [6, 6.07) is 9.27. The summed E-state index contributed by atoms with van der Waals surface area (Å²) in [7, 11) is 0. The highest BCUT2D eigenvalue weighted by Gasteiger charge is 2.27. The van der Waals surface area contributed by atoms with Gasteiger partial charge in [0.05, 0.1) is 11.1 Å². The summed E-state index contributed by atoms with van der Waals surface area (Å²) in [5.74, 6) is 1.56. The molecule has 1 aromatic heterocycles. The van der Waals surface area contributed by atoms with Crippen molar-refractivity contribution in [2.24, 2.45) is 16.6 Å². The number of benzene rings is 1. The molecular formula is C25H35N5O. The zero-order valence-corrected chi connectivity index (χ0v) is 19.0. The lowest BCUT2D eigenvalue weighted by atomic mass is 9.86. The lowest BCUT2D eigenvalue weighted by Gasteiger charge is -2.37. The van der Waals surface area contributed by atoms with Gasteiger partial charge in [-0.3, -0.25) is 4.79 Å². The maximum Gasteiger partial charge on any atom is 0.282 e. The van der Waals surface area contributed by atoms with Gasteiger partial charge in [0, 0.05) is 30.6 Å². The highest BCUT2D eigenvalue weighted by atomic mass is 16.1. The second kappa shape index (κ2) is 9.35. The predicted molar refractivity (Wildman–Crippen MR) is 128 cm³/mol. The van der Waals surface area contributed by atoms with E-state index in [4.69, 9.17) is 10.7 Å². The van der Waals surface area contributed by atoms with Gasteiger partial charge in [0.1, 0.15) is 11.7 Å². The van der Waals surface area contributed by atoms with Crippen molar-refractivity contribution < 1.29 is 4.79 Å². The van der Waals surface area contributed by atoms with Gasteiger partial charge in [0.15, 0.2) is 0 Å². The van der Waals surface area contributed by atoms with E-state index in [1.807, 2.05) is 19.1 Å². The average Bonchev–Trinajstić information content (AvgIpc) is 2.74. The largest absolute Gasteiger partial charge is 0.387 e. The second-order valence-electron chi connectivity index (χ2n) is 9.50. The third-order valence-electron chi connectivity index (χ3n) is 6.74. The molecule has 0 bridgehead atoms. The number of aromatic nitrogens is 1. The molecule has 0 spiro atoms. The third kappa shape index (κ3) is 5.24. The number of aliphatic imine (C=N–C) groups is 1. The Labute approximate surface area is 185 Å². The van der Waals surface area contributed by atoms with Gasteiger partial charge in [0.25, 0.3) is 5.91 Å². The fourth-order valence-electron chi connectivity index (χ4n) is 4.92. The van der Waals surface area contributed by atoms with Crippen LogP contribution in [0.3, 0.4) is 0 Å². The van der Waals surface area contributed by atoms with Crippen molar-refractivity contribution in [2.45, 2.75) is 71.4 Å². The summed E-state index contributed by atoms with van der Waals surface area (Å²) in [6.45, 7) is 7.82. The number of nitrogens with two attached hydrogens (primary N) is 1. The highest BCUT2D eigenvalue weighted by molar-refractivity contribution is 6.07. The number of nitrogens with one attached hydrogen (secondary N) is 1. The van der Waals surface area contributed by atoms with Crippen LogP contribution < -0.4 is 16.0 Å². The van der Waals surface area contributed by atoms with Crippen LogP contribution in [0.4, 0.5) is 5.82 Å². The molecule has 1 saturated carbocycles. The number of fused-ring (bicyclic) bond motifs is 1. The first kappa shape index (κ1) is 21.8. The van der Waals surface area contributed by atoms with Gasteiger partial charge in [0.2, 0.25) is 0 Å².